The molecule has 1 atom stereocenters. The second-order valence-corrected chi connectivity index (χ2v) is 5.16. The number of hydrogen-bond acceptors (Lipinski definition) is 4. The Morgan fingerprint density at radius 1 is 1.27 bits per heavy atom. The molecule has 2 fully saturated rings. The number of rotatable bonds is 2. The summed E-state index contributed by atoms with van der Waals surface area (Å²) in [7, 11) is 0. The first-order valence-electron chi connectivity index (χ1n) is 7.06. The maximum atomic E-state index is 12.3. The van der Waals surface area contributed by atoms with Gasteiger partial charge in [0, 0.05) is 6.54 Å². The molecule has 8 nitrogen and oxygen atoms in total. The molecule has 1 aromatic carbocycles. The molecule has 8 heteroatoms. The number of nitrogens with zero attached hydrogens (tertiary/aromatic N) is 2. The molecule has 0 spiro atoms. The summed E-state index contributed by atoms with van der Waals surface area (Å²) in [6.45, 7) is 0.595. The van der Waals surface area contributed by atoms with Gasteiger partial charge in [0.25, 0.3) is 0 Å². The highest BCUT2D eigenvalue weighted by atomic mass is 16.2. The number of carbonyl (C=O) groups excluding carboxylic acids is 3. The summed E-state index contributed by atoms with van der Waals surface area (Å²) in [6, 6.07) is 9.21. The molecule has 22 heavy (non-hydrogen) atoms. The van der Waals surface area contributed by atoms with Crippen molar-refractivity contribution in [1.82, 2.24) is 26.0 Å². The van der Waals surface area contributed by atoms with E-state index in [1.807, 2.05) is 30.3 Å². The molecule has 116 valence electrons. The lowest BCUT2D eigenvalue weighted by Gasteiger charge is -2.45. The Labute approximate surface area is 127 Å². The number of nitrogens with one attached hydrogen (secondary N) is 3. The van der Waals surface area contributed by atoms with E-state index in [2.05, 4.69) is 16.1 Å². The van der Waals surface area contributed by atoms with E-state index < -0.39 is 6.17 Å². The van der Waals surface area contributed by atoms with Crippen LogP contribution in [0.1, 0.15) is 5.56 Å². The molecule has 0 saturated carbocycles. The maximum absolute atomic E-state index is 12.3. The molecule has 2 aliphatic rings. The molecule has 0 radical (unpaired) electrons. The van der Waals surface area contributed by atoms with Gasteiger partial charge in [-0.15, -0.1) is 0 Å². The van der Waals surface area contributed by atoms with Gasteiger partial charge in [0.2, 0.25) is 11.8 Å². The fourth-order valence-corrected chi connectivity index (χ4v) is 2.54. The molecule has 2 saturated heterocycles. The van der Waals surface area contributed by atoms with Gasteiger partial charge in [0.1, 0.15) is 12.7 Å². The van der Waals surface area contributed by atoms with Crippen molar-refractivity contribution in [3.8, 4) is 0 Å². The van der Waals surface area contributed by atoms with Gasteiger partial charge in [-0.05, 0) is 5.56 Å². The highest BCUT2D eigenvalue weighted by molar-refractivity contribution is 5.89. The van der Waals surface area contributed by atoms with E-state index in [4.69, 9.17) is 0 Å². The standard InChI is InChI=1S/C14H17N5O3/c20-11-9-18-12(7-15-11)19(17-8-13(18)21)14(22)16-6-10-4-2-1-3-5-10/h1-5,12,17H,6-9H2,(H,15,20)(H,16,22). The van der Waals surface area contributed by atoms with E-state index in [1.165, 1.54) is 9.91 Å². The predicted octanol–water partition coefficient (Wildman–Crippen LogP) is -0.999. The van der Waals surface area contributed by atoms with Crippen molar-refractivity contribution >= 4 is 17.8 Å². The number of amides is 4. The molecule has 4 amide bonds. The highest BCUT2D eigenvalue weighted by Gasteiger charge is 2.40. The molecule has 2 heterocycles. The summed E-state index contributed by atoms with van der Waals surface area (Å²) in [5.41, 5.74) is 3.78. The van der Waals surface area contributed by atoms with Gasteiger partial charge in [0.15, 0.2) is 0 Å². The highest BCUT2D eigenvalue weighted by Crippen LogP contribution is 2.12. The van der Waals surface area contributed by atoms with Crippen LogP contribution in [0.2, 0.25) is 0 Å². The van der Waals surface area contributed by atoms with Crippen LogP contribution in [0.25, 0.3) is 0 Å². The second kappa shape index (κ2) is 6.02. The number of benzene rings is 1. The summed E-state index contributed by atoms with van der Waals surface area (Å²) in [5, 5.41) is 6.83. The Hall–Kier alpha value is -2.61. The van der Waals surface area contributed by atoms with Crippen LogP contribution in [0.3, 0.4) is 0 Å². The average Bonchev–Trinajstić information content (AvgIpc) is 2.54. The average molecular weight is 303 g/mol. The van der Waals surface area contributed by atoms with Gasteiger partial charge in [0.05, 0.1) is 13.1 Å². The van der Waals surface area contributed by atoms with Crippen LogP contribution in [-0.2, 0) is 16.1 Å². The molecule has 0 aromatic heterocycles. The van der Waals surface area contributed by atoms with Crippen molar-refractivity contribution in [3.63, 3.8) is 0 Å². The third-order valence-corrected chi connectivity index (χ3v) is 3.68. The monoisotopic (exact) mass is 303 g/mol. The first kappa shape index (κ1) is 14.3. The lowest BCUT2D eigenvalue weighted by Crippen LogP contribution is -2.72. The second-order valence-electron chi connectivity index (χ2n) is 5.16. The summed E-state index contributed by atoms with van der Waals surface area (Å²) in [5.74, 6) is -0.400. The summed E-state index contributed by atoms with van der Waals surface area (Å²) < 4.78 is 0. The van der Waals surface area contributed by atoms with Gasteiger partial charge < -0.3 is 15.5 Å². The van der Waals surface area contributed by atoms with Crippen LogP contribution in [0, 0.1) is 0 Å². The molecule has 0 bridgehead atoms. The number of carbonyl (C=O) groups is 3. The number of piperazine rings is 1. The zero-order chi connectivity index (χ0) is 15.5. The van der Waals surface area contributed by atoms with Crippen molar-refractivity contribution < 1.29 is 14.4 Å². The topological polar surface area (TPSA) is 93.8 Å². The minimum Gasteiger partial charge on any atom is -0.351 e. The maximum Gasteiger partial charge on any atom is 0.334 e. The first-order valence-corrected chi connectivity index (χ1v) is 7.06. The van der Waals surface area contributed by atoms with Crippen LogP contribution in [0.15, 0.2) is 30.3 Å². The van der Waals surface area contributed by atoms with Crippen LogP contribution < -0.4 is 16.1 Å². The van der Waals surface area contributed by atoms with Gasteiger partial charge >= 0.3 is 6.03 Å². The van der Waals surface area contributed by atoms with Crippen LogP contribution in [0.4, 0.5) is 4.79 Å². The first-order chi connectivity index (χ1) is 10.6. The summed E-state index contributed by atoms with van der Waals surface area (Å²) in [6.07, 6.45) is -0.505. The Kier molecular flexibility index (Phi) is 3.92. The predicted molar refractivity (Wildman–Crippen MR) is 77.0 cm³/mol. The zero-order valence-electron chi connectivity index (χ0n) is 11.9. The number of fused-ring (bicyclic) bond motifs is 1. The van der Waals surface area contributed by atoms with Gasteiger partial charge in [-0.3, -0.25) is 9.59 Å². The lowest BCUT2D eigenvalue weighted by atomic mass is 10.2. The van der Waals surface area contributed by atoms with Crippen molar-refractivity contribution in [3.05, 3.63) is 35.9 Å². The summed E-state index contributed by atoms with van der Waals surface area (Å²) >= 11 is 0. The van der Waals surface area contributed by atoms with Crippen LogP contribution in [0.5, 0.6) is 0 Å². The minimum atomic E-state index is -0.505. The smallest absolute Gasteiger partial charge is 0.334 e. The minimum absolute atomic E-state index is 0.00252. The molecular formula is C14H17N5O3. The molecular weight excluding hydrogens is 286 g/mol. The summed E-state index contributed by atoms with van der Waals surface area (Å²) in [4.78, 5) is 37.0. The molecule has 1 aromatic rings. The van der Waals surface area contributed by atoms with Crippen LogP contribution in [-0.4, -0.2) is 53.6 Å². The van der Waals surface area contributed by atoms with E-state index in [0.717, 1.165) is 5.56 Å². The number of urea groups is 1. The lowest BCUT2D eigenvalue weighted by molar-refractivity contribution is -0.152. The van der Waals surface area contributed by atoms with E-state index in [1.54, 1.807) is 0 Å². The third-order valence-electron chi connectivity index (χ3n) is 3.68. The van der Waals surface area contributed by atoms with Gasteiger partial charge in [-0.2, -0.15) is 0 Å². The van der Waals surface area contributed by atoms with E-state index in [-0.39, 0.29) is 37.5 Å². The van der Waals surface area contributed by atoms with Gasteiger partial charge in [-0.1, -0.05) is 30.3 Å². The quantitative estimate of drug-likeness (QED) is 0.653. The van der Waals surface area contributed by atoms with Crippen molar-refractivity contribution in [2.45, 2.75) is 12.7 Å². The Balaban J connectivity index is 1.64. The SMILES string of the molecule is O=C1CN2C(=O)CNN(C(=O)NCc3ccccc3)C2CN1. The fraction of sp³-hybridized carbons (Fsp3) is 0.357. The Bertz CT molecular complexity index is 591. The molecule has 3 N–H and O–H groups in total. The Morgan fingerprint density at radius 3 is 2.82 bits per heavy atom. The van der Waals surface area contributed by atoms with Crippen LogP contribution >= 0.6 is 0 Å². The fourth-order valence-electron chi connectivity index (χ4n) is 2.54. The van der Waals surface area contributed by atoms with Crippen molar-refractivity contribution in [1.29, 1.82) is 0 Å². The third kappa shape index (κ3) is 2.86. The van der Waals surface area contributed by atoms with E-state index in [9.17, 15) is 14.4 Å². The van der Waals surface area contributed by atoms with E-state index in [0.29, 0.717) is 6.54 Å². The molecule has 0 aliphatic carbocycles. The zero-order valence-corrected chi connectivity index (χ0v) is 11.9. The largest absolute Gasteiger partial charge is 0.351 e. The molecule has 2 aliphatic heterocycles. The number of hydrogen-bond donors (Lipinski definition) is 3. The normalized spacial score (nSPS) is 21.2. The van der Waals surface area contributed by atoms with Gasteiger partial charge in [-0.25, -0.2) is 15.2 Å². The molecule has 1 unspecified atom stereocenters. The van der Waals surface area contributed by atoms with E-state index >= 15 is 0 Å². The molecule has 3 rings (SSSR count). The Morgan fingerprint density at radius 2 is 2.05 bits per heavy atom. The number of hydrazine groups is 1. The van der Waals surface area contributed by atoms with Crippen molar-refractivity contribution in [2.24, 2.45) is 0 Å². The van der Waals surface area contributed by atoms with Crippen molar-refractivity contribution in [2.75, 3.05) is 19.6 Å².